The van der Waals surface area contributed by atoms with Gasteiger partial charge in [0, 0.05) is 54.9 Å². The predicted octanol–water partition coefficient (Wildman–Crippen LogP) is 7.57. The molecule has 2 fully saturated rings. The highest BCUT2D eigenvalue weighted by Gasteiger charge is 2.39. The molecular weight excluding hydrogens is 703 g/mol. The van der Waals surface area contributed by atoms with Crippen LogP contribution >= 0.6 is 36.4 Å². The first-order chi connectivity index (χ1) is 23.7. The molecule has 2 aliphatic heterocycles. The average molecular weight is 752 g/mol. The number of halogens is 3. The molecule has 0 radical (unpaired) electrons. The standard InChI is InChI=1S/C41H47ClN4O3.2ClH/c1-40(33-10-4-2-5-11-33,34-12-6-3-7-13-34)21-18-37(45-27-22-41(49,23-28-45)35-14-16-36(42)17-15-35)44-39(48)32-19-25-46(26-20-32)38(47)29-31-9-8-24-43-30-31;;/h2-17,24,30,32,37,49H,18-23,25-29H2,1H3,(H,44,48);2*1H. The summed E-state index contributed by atoms with van der Waals surface area (Å²) in [6, 6.07) is 32.5. The molecule has 0 bridgehead atoms. The fraction of sp³-hybridized carbons (Fsp3) is 0.390. The van der Waals surface area contributed by atoms with E-state index in [1.165, 1.54) is 11.1 Å². The van der Waals surface area contributed by atoms with Gasteiger partial charge >= 0.3 is 0 Å². The summed E-state index contributed by atoms with van der Waals surface area (Å²) in [5.74, 6) is -0.0354. The fourth-order valence-electron chi connectivity index (χ4n) is 7.56. The van der Waals surface area contributed by atoms with Crippen molar-refractivity contribution < 1.29 is 14.7 Å². The third-order valence-electron chi connectivity index (χ3n) is 10.8. The number of hydrogen-bond donors (Lipinski definition) is 2. The Labute approximate surface area is 319 Å². The van der Waals surface area contributed by atoms with Gasteiger partial charge in [0.15, 0.2) is 0 Å². The molecule has 2 saturated heterocycles. The first kappa shape index (κ1) is 40.3. The molecule has 1 atom stereocenters. The minimum absolute atomic E-state index is 0. The van der Waals surface area contributed by atoms with Crippen LogP contribution in [0.2, 0.25) is 5.02 Å². The van der Waals surface area contributed by atoms with E-state index in [0.717, 1.165) is 24.0 Å². The number of pyridine rings is 1. The molecule has 0 spiro atoms. The lowest BCUT2D eigenvalue weighted by Crippen LogP contribution is -2.55. The topological polar surface area (TPSA) is 85.8 Å². The molecule has 3 heterocycles. The van der Waals surface area contributed by atoms with Crippen molar-refractivity contribution in [1.82, 2.24) is 20.1 Å². The second kappa shape index (κ2) is 18.3. The van der Waals surface area contributed by atoms with Crippen LogP contribution in [0.4, 0.5) is 0 Å². The van der Waals surface area contributed by atoms with Gasteiger partial charge in [-0.3, -0.25) is 19.5 Å². The van der Waals surface area contributed by atoms with Crippen LogP contribution in [0.25, 0.3) is 0 Å². The van der Waals surface area contributed by atoms with Gasteiger partial charge in [0.1, 0.15) is 0 Å². The maximum atomic E-state index is 14.0. The van der Waals surface area contributed by atoms with Gasteiger partial charge in [-0.25, -0.2) is 0 Å². The van der Waals surface area contributed by atoms with Gasteiger partial charge in [0.2, 0.25) is 11.8 Å². The molecule has 1 aromatic heterocycles. The van der Waals surface area contributed by atoms with E-state index in [2.05, 4.69) is 70.7 Å². The van der Waals surface area contributed by atoms with Crippen LogP contribution in [-0.2, 0) is 27.0 Å². The summed E-state index contributed by atoms with van der Waals surface area (Å²) in [7, 11) is 0. The van der Waals surface area contributed by atoms with Gasteiger partial charge in [0.05, 0.1) is 18.2 Å². The minimum atomic E-state index is -0.937. The first-order valence-corrected chi connectivity index (χ1v) is 17.9. The number of aromatic nitrogens is 1. The second-order valence-electron chi connectivity index (χ2n) is 13.9. The summed E-state index contributed by atoms with van der Waals surface area (Å²) in [5, 5.41) is 15.8. The number of amides is 2. The quantitative estimate of drug-likeness (QED) is 0.165. The summed E-state index contributed by atoms with van der Waals surface area (Å²) in [6.07, 6.45) is 7.54. The molecule has 6 rings (SSSR count). The molecule has 272 valence electrons. The Kier molecular flexibility index (Phi) is 14.5. The normalized spacial score (nSPS) is 17.0. The average Bonchev–Trinajstić information content (AvgIpc) is 3.15. The fourth-order valence-corrected chi connectivity index (χ4v) is 7.68. The number of aliphatic hydroxyl groups is 1. The largest absolute Gasteiger partial charge is 0.385 e. The first-order valence-electron chi connectivity index (χ1n) is 17.5. The zero-order valence-electron chi connectivity index (χ0n) is 29.1. The molecule has 2 amide bonds. The van der Waals surface area contributed by atoms with E-state index in [1.54, 1.807) is 12.4 Å². The third kappa shape index (κ3) is 9.91. The van der Waals surface area contributed by atoms with E-state index in [9.17, 15) is 14.7 Å². The van der Waals surface area contributed by atoms with E-state index in [4.69, 9.17) is 11.6 Å². The number of hydrogen-bond acceptors (Lipinski definition) is 5. The molecule has 2 aliphatic rings. The molecule has 1 unspecified atom stereocenters. The number of nitrogens with zero attached hydrogens (tertiary/aromatic N) is 3. The highest BCUT2D eigenvalue weighted by Crippen LogP contribution is 2.39. The maximum absolute atomic E-state index is 14.0. The Hall–Kier alpha value is -3.46. The van der Waals surface area contributed by atoms with Crippen LogP contribution in [0.15, 0.2) is 109 Å². The summed E-state index contributed by atoms with van der Waals surface area (Å²) in [5.41, 5.74) is 3.06. The molecule has 4 aromatic rings. The lowest BCUT2D eigenvalue weighted by Gasteiger charge is -2.43. The van der Waals surface area contributed by atoms with Crippen molar-refractivity contribution in [2.24, 2.45) is 5.92 Å². The monoisotopic (exact) mass is 750 g/mol. The molecule has 7 nitrogen and oxygen atoms in total. The number of carbonyl (C=O) groups excluding carboxylic acids is 2. The lowest BCUT2D eigenvalue weighted by molar-refractivity contribution is -0.136. The highest BCUT2D eigenvalue weighted by atomic mass is 35.5. The van der Waals surface area contributed by atoms with Crippen LogP contribution < -0.4 is 5.32 Å². The molecule has 2 N–H and O–H groups in total. The summed E-state index contributed by atoms with van der Waals surface area (Å²) in [4.78, 5) is 35.3. The van der Waals surface area contributed by atoms with Crippen molar-refractivity contribution >= 4 is 48.2 Å². The lowest BCUT2D eigenvalue weighted by atomic mass is 9.72. The number of piperidine rings is 2. The number of likely N-dealkylation sites (tertiary alicyclic amines) is 2. The smallest absolute Gasteiger partial charge is 0.227 e. The molecule has 0 saturated carbocycles. The second-order valence-corrected chi connectivity index (χ2v) is 14.3. The van der Waals surface area contributed by atoms with Gasteiger partial charge < -0.3 is 15.3 Å². The van der Waals surface area contributed by atoms with Gasteiger partial charge in [-0.2, -0.15) is 0 Å². The Morgan fingerprint density at radius 1 is 0.882 bits per heavy atom. The molecular formula is C41H49Cl3N4O3. The van der Waals surface area contributed by atoms with E-state index in [-0.39, 0.29) is 54.1 Å². The Morgan fingerprint density at radius 2 is 1.47 bits per heavy atom. The van der Waals surface area contributed by atoms with Crippen LogP contribution in [0, 0.1) is 5.92 Å². The highest BCUT2D eigenvalue weighted by molar-refractivity contribution is 6.30. The van der Waals surface area contributed by atoms with Crippen LogP contribution in [-0.4, -0.2) is 64.0 Å². The van der Waals surface area contributed by atoms with E-state index < -0.39 is 5.60 Å². The van der Waals surface area contributed by atoms with Crippen molar-refractivity contribution in [2.45, 2.75) is 69.1 Å². The van der Waals surface area contributed by atoms with Crippen molar-refractivity contribution in [3.05, 3.63) is 137 Å². The zero-order chi connectivity index (χ0) is 34.3. The van der Waals surface area contributed by atoms with Crippen LogP contribution in [0.1, 0.15) is 67.7 Å². The molecule has 51 heavy (non-hydrogen) atoms. The third-order valence-corrected chi connectivity index (χ3v) is 11.0. The molecule has 10 heteroatoms. The Morgan fingerprint density at radius 3 is 2.02 bits per heavy atom. The SMILES string of the molecule is CC(CCC(NC(=O)C1CCN(C(=O)Cc2cccnc2)CC1)N1CCC(O)(c2ccc(Cl)cc2)CC1)(c1ccccc1)c1ccccc1.Cl.Cl. The van der Waals surface area contributed by atoms with Crippen molar-refractivity contribution in [1.29, 1.82) is 0 Å². The van der Waals surface area contributed by atoms with E-state index in [1.807, 2.05) is 53.4 Å². The van der Waals surface area contributed by atoms with Crippen molar-refractivity contribution in [3.8, 4) is 0 Å². The predicted molar refractivity (Wildman–Crippen MR) is 208 cm³/mol. The minimum Gasteiger partial charge on any atom is -0.385 e. The van der Waals surface area contributed by atoms with Gasteiger partial charge in [-0.15, -0.1) is 24.8 Å². The summed E-state index contributed by atoms with van der Waals surface area (Å²) in [6.45, 7) is 4.74. The summed E-state index contributed by atoms with van der Waals surface area (Å²) < 4.78 is 0. The number of rotatable bonds is 11. The Balaban J connectivity index is 0.00000292. The van der Waals surface area contributed by atoms with Gasteiger partial charge in [-0.05, 0) is 79.0 Å². The van der Waals surface area contributed by atoms with Crippen LogP contribution in [0.3, 0.4) is 0 Å². The van der Waals surface area contributed by atoms with Crippen LogP contribution in [0.5, 0.6) is 0 Å². The summed E-state index contributed by atoms with van der Waals surface area (Å²) >= 11 is 6.14. The Bertz CT molecular complexity index is 1620. The van der Waals surface area contributed by atoms with Gasteiger partial charge in [0.25, 0.3) is 0 Å². The van der Waals surface area contributed by atoms with Gasteiger partial charge in [-0.1, -0.05) is 97.4 Å². The number of benzene rings is 3. The molecule has 0 aliphatic carbocycles. The van der Waals surface area contributed by atoms with Crippen molar-refractivity contribution in [3.63, 3.8) is 0 Å². The maximum Gasteiger partial charge on any atom is 0.227 e. The zero-order valence-corrected chi connectivity index (χ0v) is 31.5. The molecule has 3 aromatic carbocycles. The van der Waals surface area contributed by atoms with Crippen molar-refractivity contribution in [2.75, 3.05) is 26.2 Å². The van der Waals surface area contributed by atoms with E-state index >= 15 is 0 Å². The number of carbonyl (C=O) groups is 2. The number of nitrogens with one attached hydrogen (secondary N) is 1. The van der Waals surface area contributed by atoms with E-state index in [0.29, 0.717) is 63.3 Å².